The quantitative estimate of drug-likeness (QED) is 0.836. The number of urea groups is 1. The van der Waals surface area contributed by atoms with Crippen LogP contribution in [0.5, 0.6) is 0 Å². The minimum atomic E-state index is 0.0266. The summed E-state index contributed by atoms with van der Waals surface area (Å²) in [6.07, 6.45) is 12.6. The number of aliphatic hydroxyl groups excluding tert-OH is 1. The Kier molecular flexibility index (Phi) is 6.49. The van der Waals surface area contributed by atoms with Gasteiger partial charge in [-0.15, -0.1) is 11.3 Å². The highest BCUT2D eigenvalue weighted by Crippen LogP contribution is 2.31. The number of aromatic nitrogens is 1. The van der Waals surface area contributed by atoms with Crippen LogP contribution >= 0.6 is 11.3 Å². The summed E-state index contributed by atoms with van der Waals surface area (Å²) in [5, 5.41) is 14.6. The molecule has 5 nitrogen and oxygen atoms in total. The van der Waals surface area contributed by atoms with Crippen molar-refractivity contribution in [3.05, 3.63) is 11.1 Å². The van der Waals surface area contributed by atoms with Crippen LogP contribution in [0.1, 0.15) is 69.9 Å². The lowest BCUT2D eigenvalue weighted by Crippen LogP contribution is -2.50. The minimum absolute atomic E-state index is 0.0266. The van der Waals surface area contributed by atoms with E-state index in [-0.39, 0.29) is 12.6 Å². The average molecular weight is 352 g/mol. The highest BCUT2D eigenvalue weighted by Gasteiger charge is 2.32. The fourth-order valence-corrected chi connectivity index (χ4v) is 4.83. The molecule has 2 aliphatic carbocycles. The van der Waals surface area contributed by atoms with Crippen molar-refractivity contribution in [2.45, 2.75) is 82.7 Å². The summed E-state index contributed by atoms with van der Waals surface area (Å²) in [5.41, 5.74) is 0.847. The van der Waals surface area contributed by atoms with Crippen molar-refractivity contribution >= 4 is 22.5 Å². The molecule has 0 bridgehead atoms. The van der Waals surface area contributed by atoms with E-state index in [1.165, 1.54) is 49.9 Å². The maximum Gasteiger partial charge on any atom is 0.324 e. The molecule has 24 heavy (non-hydrogen) atoms. The summed E-state index contributed by atoms with van der Waals surface area (Å²) >= 11 is 1.45. The summed E-state index contributed by atoms with van der Waals surface area (Å²) in [6, 6.07) is 0.802. The van der Waals surface area contributed by atoms with Crippen LogP contribution in [0.3, 0.4) is 0 Å². The largest absolute Gasteiger partial charge is 0.396 e. The van der Waals surface area contributed by atoms with E-state index in [2.05, 4.69) is 15.2 Å². The van der Waals surface area contributed by atoms with Crippen molar-refractivity contribution in [3.8, 4) is 0 Å². The summed E-state index contributed by atoms with van der Waals surface area (Å²) < 4.78 is 0. The Morgan fingerprint density at radius 3 is 2.25 bits per heavy atom. The Bertz CT molecular complexity index is 504. The molecule has 1 heterocycles. The lowest BCUT2D eigenvalue weighted by Gasteiger charge is -2.41. The standard InChI is InChI=1S/C18H29N3O2S/c22-12-11-14-13-24-17(19-14)20-18(23)21(15-7-3-1-4-8-15)16-9-5-2-6-10-16/h13,15-16,22H,1-12H2,(H,19,20,23). The molecule has 0 spiro atoms. The van der Waals surface area contributed by atoms with Crippen molar-refractivity contribution in [2.75, 3.05) is 11.9 Å². The third kappa shape index (κ3) is 4.48. The molecule has 1 aromatic rings. The van der Waals surface area contributed by atoms with Gasteiger partial charge in [0.15, 0.2) is 5.13 Å². The van der Waals surface area contributed by atoms with Crippen LogP contribution in [-0.2, 0) is 6.42 Å². The molecule has 3 rings (SSSR count). The van der Waals surface area contributed by atoms with Crippen LogP contribution < -0.4 is 5.32 Å². The topological polar surface area (TPSA) is 65.5 Å². The van der Waals surface area contributed by atoms with E-state index < -0.39 is 0 Å². The maximum absolute atomic E-state index is 13.0. The Morgan fingerprint density at radius 1 is 1.12 bits per heavy atom. The second-order valence-electron chi connectivity index (χ2n) is 7.04. The van der Waals surface area contributed by atoms with E-state index in [1.54, 1.807) is 0 Å². The Hall–Kier alpha value is -1.14. The Morgan fingerprint density at radius 2 is 1.71 bits per heavy atom. The molecule has 2 fully saturated rings. The highest BCUT2D eigenvalue weighted by atomic mass is 32.1. The summed E-state index contributed by atoms with van der Waals surface area (Å²) in [4.78, 5) is 19.6. The van der Waals surface area contributed by atoms with Crippen LogP contribution in [-0.4, -0.2) is 39.7 Å². The third-order valence-corrected chi connectivity index (χ3v) is 6.11. The first-order chi connectivity index (χ1) is 11.8. The molecule has 134 valence electrons. The number of nitrogens with one attached hydrogen (secondary N) is 1. The van der Waals surface area contributed by atoms with E-state index in [0.29, 0.717) is 23.6 Å². The Balaban J connectivity index is 1.69. The van der Waals surface area contributed by atoms with Gasteiger partial charge in [-0.05, 0) is 25.7 Å². The zero-order valence-electron chi connectivity index (χ0n) is 14.4. The first-order valence-electron chi connectivity index (χ1n) is 9.42. The average Bonchev–Trinajstić information content (AvgIpc) is 3.04. The van der Waals surface area contributed by atoms with E-state index >= 15 is 0 Å². The van der Waals surface area contributed by atoms with Gasteiger partial charge in [0.25, 0.3) is 0 Å². The lowest BCUT2D eigenvalue weighted by molar-refractivity contribution is 0.114. The van der Waals surface area contributed by atoms with Gasteiger partial charge in [0.2, 0.25) is 0 Å². The second kappa shape index (κ2) is 8.81. The van der Waals surface area contributed by atoms with Crippen molar-refractivity contribution in [1.82, 2.24) is 9.88 Å². The number of carbonyl (C=O) groups excluding carboxylic acids is 1. The van der Waals surface area contributed by atoms with Crippen LogP contribution in [0.2, 0.25) is 0 Å². The normalized spacial score (nSPS) is 20.0. The summed E-state index contributed by atoms with van der Waals surface area (Å²) in [7, 11) is 0. The molecule has 0 radical (unpaired) electrons. The van der Waals surface area contributed by atoms with Crippen LogP contribution in [0.15, 0.2) is 5.38 Å². The number of nitrogens with zero attached hydrogens (tertiary/aromatic N) is 2. The predicted molar refractivity (Wildman–Crippen MR) is 97.5 cm³/mol. The van der Waals surface area contributed by atoms with E-state index in [1.807, 2.05) is 5.38 Å². The molecular formula is C18H29N3O2S. The lowest BCUT2D eigenvalue weighted by atomic mass is 9.89. The van der Waals surface area contributed by atoms with Crippen LogP contribution in [0, 0.1) is 0 Å². The number of aliphatic hydroxyl groups is 1. The molecule has 0 unspecified atom stereocenters. The van der Waals surface area contributed by atoms with Gasteiger partial charge in [-0.3, -0.25) is 5.32 Å². The smallest absolute Gasteiger partial charge is 0.324 e. The first-order valence-corrected chi connectivity index (χ1v) is 10.3. The van der Waals surface area contributed by atoms with Gasteiger partial charge in [-0.25, -0.2) is 9.78 Å². The maximum atomic E-state index is 13.0. The molecule has 2 N–H and O–H groups in total. The first kappa shape index (κ1) is 17.7. The van der Waals surface area contributed by atoms with E-state index in [9.17, 15) is 4.79 Å². The van der Waals surface area contributed by atoms with E-state index in [4.69, 9.17) is 5.11 Å². The molecule has 2 aliphatic rings. The summed E-state index contributed by atoms with van der Waals surface area (Å²) in [6.45, 7) is 0.0907. The number of amides is 2. The molecule has 2 saturated carbocycles. The summed E-state index contributed by atoms with van der Waals surface area (Å²) in [5.74, 6) is 0. The van der Waals surface area contributed by atoms with Gasteiger partial charge in [-0.2, -0.15) is 0 Å². The molecule has 2 amide bonds. The minimum Gasteiger partial charge on any atom is -0.396 e. The van der Waals surface area contributed by atoms with Gasteiger partial charge in [0.05, 0.1) is 5.69 Å². The Labute approximate surface area is 148 Å². The van der Waals surface area contributed by atoms with Gasteiger partial charge in [0, 0.05) is 30.5 Å². The van der Waals surface area contributed by atoms with Gasteiger partial charge >= 0.3 is 6.03 Å². The number of rotatable bonds is 5. The van der Waals surface area contributed by atoms with Crippen molar-refractivity contribution in [3.63, 3.8) is 0 Å². The molecule has 0 aromatic carbocycles. The second-order valence-corrected chi connectivity index (χ2v) is 7.90. The number of thiazole rings is 1. The molecule has 6 heteroatoms. The fourth-order valence-electron chi connectivity index (χ4n) is 4.10. The van der Waals surface area contributed by atoms with Crippen molar-refractivity contribution in [2.24, 2.45) is 0 Å². The van der Waals surface area contributed by atoms with Crippen LogP contribution in [0.25, 0.3) is 0 Å². The van der Waals surface area contributed by atoms with Crippen LogP contribution in [0.4, 0.5) is 9.93 Å². The predicted octanol–water partition coefficient (Wildman–Crippen LogP) is 4.18. The number of carbonyl (C=O) groups is 1. The molecule has 0 atom stereocenters. The molecule has 1 aromatic heterocycles. The third-order valence-electron chi connectivity index (χ3n) is 5.30. The van der Waals surface area contributed by atoms with Crippen molar-refractivity contribution < 1.29 is 9.90 Å². The van der Waals surface area contributed by atoms with E-state index in [0.717, 1.165) is 31.4 Å². The van der Waals surface area contributed by atoms with Crippen molar-refractivity contribution in [1.29, 1.82) is 0 Å². The number of hydrogen-bond donors (Lipinski definition) is 2. The van der Waals surface area contributed by atoms with Gasteiger partial charge in [-0.1, -0.05) is 38.5 Å². The van der Waals surface area contributed by atoms with Gasteiger partial charge in [0.1, 0.15) is 0 Å². The monoisotopic (exact) mass is 351 g/mol. The fraction of sp³-hybridized carbons (Fsp3) is 0.778. The van der Waals surface area contributed by atoms with Gasteiger partial charge < -0.3 is 10.0 Å². The number of anilines is 1. The zero-order valence-corrected chi connectivity index (χ0v) is 15.2. The molecule has 0 aliphatic heterocycles. The molecular weight excluding hydrogens is 322 g/mol. The highest BCUT2D eigenvalue weighted by molar-refractivity contribution is 7.13. The zero-order chi connectivity index (χ0) is 16.8. The molecule has 0 saturated heterocycles. The SMILES string of the molecule is O=C(Nc1nc(CCO)cs1)N(C1CCCCC1)C1CCCCC1. The number of hydrogen-bond acceptors (Lipinski definition) is 4.